The Morgan fingerprint density at radius 2 is 1.96 bits per heavy atom. The largest absolute Gasteiger partial charge is 0.497 e. The van der Waals surface area contributed by atoms with Crippen molar-refractivity contribution >= 4 is 5.91 Å². The Balaban J connectivity index is 1.61. The predicted molar refractivity (Wildman–Crippen MR) is 108 cm³/mol. The van der Waals surface area contributed by atoms with Crippen molar-refractivity contribution in [3.05, 3.63) is 59.9 Å². The number of ether oxygens (including phenoxy) is 2. The number of carbonyl (C=O) groups is 1. The van der Waals surface area contributed by atoms with Crippen LogP contribution in [0.15, 0.2) is 48.8 Å². The molecular formula is C22H29N3O3. The second-order valence-corrected chi connectivity index (χ2v) is 7.01. The molecule has 28 heavy (non-hydrogen) atoms. The minimum absolute atomic E-state index is 0.132. The molecule has 2 heterocycles. The van der Waals surface area contributed by atoms with E-state index in [4.69, 9.17) is 9.47 Å². The molecule has 0 atom stereocenters. The van der Waals surface area contributed by atoms with Gasteiger partial charge in [-0.25, -0.2) is 0 Å². The Morgan fingerprint density at radius 1 is 1.18 bits per heavy atom. The van der Waals surface area contributed by atoms with E-state index in [1.54, 1.807) is 19.5 Å². The molecule has 1 saturated heterocycles. The van der Waals surface area contributed by atoms with Gasteiger partial charge in [0, 0.05) is 45.1 Å². The Labute approximate surface area is 167 Å². The molecule has 1 aromatic heterocycles. The maximum Gasteiger partial charge on any atom is 0.227 e. The van der Waals surface area contributed by atoms with Crippen LogP contribution >= 0.6 is 0 Å². The zero-order chi connectivity index (χ0) is 19.6. The molecule has 3 rings (SSSR count). The fraction of sp³-hybridized carbons (Fsp3) is 0.455. The molecule has 0 unspecified atom stereocenters. The quantitative estimate of drug-likeness (QED) is 0.666. The third-order valence-electron chi connectivity index (χ3n) is 4.97. The number of amides is 1. The summed E-state index contributed by atoms with van der Waals surface area (Å²) >= 11 is 0. The van der Waals surface area contributed by atoms with Crippen LogP contribution in [0.25, 0.3) is 0 Å². The van der Waals surface area contributed by atoms with Crippen molar-refractivity contribution in [2.24, 2.45) is 0 Å². The molecule has 0 radical (unpaired) electrons. The maximum absolute atomic E-state index is 13.0. The molecule has 150 valence electrons. The van der Waals surface area contributed by atoms with Crippen molar-refractivity contribution in [1.82, 2.24) is 14.8 Å². The Hall–Kier alpha value is -2.44. The van der Waals surface area contributed by atoms with Crippen LogP contribution in [-0.4, -0.2) is 67.2 Å². The maximum atomic E-state index is 13.0. The lowest BCUT2D eigenvalue weighted by Gasteiger charge is -2.28. The zero-order valence-corrected chi connectivity index (χ0v) is 16.5. The fourth-order valence-corrected chi connectivity index (χ4v) is 3.38. The number of carbonyl (C=O) groups excluding carboxylic acids is 1. The first-order valence-electron chi connectivity index (χ1n) is 9.84. The summed E-state index contributed by atoms with van der Waals surface area (Å²) in [5.41, 5.74) is 2.07. The Kier molecular flexibility index (Phi) is 7.82. The normalized spacial score (nSPS) is 14.6. The second-order valence-electron chi connectivity index (χ2n) is 7.01. The number of morpholine rings is 1. The van der Waals surface area contributed by atoms with E-state index in [1.165, 1.54) is 0 Å². The van der Waals surface area contributed by atoms with Crippen molar-refractivity contribution in [2.75, 3.05) is 46.5 Å². The number of rotatable bonds is 9. The minimum Gasteiger partial charge on any atom is -0.497 e. The van der Waals surface area contributed by atoms with E-state index in [-0.39, 0.29) is 5.91 Å². The van der Waals surface area contributed by atoms with E-state index in [2.05, 4.69) is 9.88 Å². The van der Waals surface area contributed by atoms with Gasteiger partial charge in [-0.1, -0.05) is 12.1 Å². The standard InChI is InChI=1S/C22H29N3O3/c1-27-21-5-2-4-20(16-21)17-22(26)25(18-19-6-8-23-9-7-19)11-3-10-24-12-14-28-15-13-24/h2,4-9,16H,3,10-15,17-18H2,1H3. The Bertz CT molecular complexity index is 733. The van der Waals surface area contributed by atoms with E-state index >= 15 is 0 Å². The molecule has 6 heteroatoms. The lowest BCUT2D eigenvalue weighted by molar-refractivity contribution is -0.131. The average molecular weight is 383 g/mol. The number of hydrogen-bond donors (Lipinski definition) is 0. The first-order valence-corrected chi connectivity index (χ1v) is 9.84. The molecule has 0 N–H and O–H groups in total. The highest BCUT2D eigenvalue weighted by Crippen LogP contribution is 2.15. The first-order chi connectivity index (χ1) is 13.7. The summed E-state index contributed by atoms with van der Waals surface area (Å²) in [7, 11) is 1.64. The van der Waals surface area contributed by atoms with Crippen LogP contribution in [0.5, 0.6) is 5.75 Å². The zero-order valence-electron chi connectivity index (χ0n) is 16.5. The average Bonchev–Trinajstić information content (AvgIpc) is 2.74. The van der Waals surface area contributed by atoms with Gasteiger partial charge in [0.2, 0.25) is 5.91 Å². The second kappa shape index (κ2) is 10.8. The van der Waals surface area contributed by atoms with E-state index in [9.17, 15) is 4.79 Å². The van der Waals surface area contributed by atoms with Crippen LogP contribution in [0, 0.1) is 0 Å². The van der Waals surface area contributed by atoms with Crippen LogP contribution in [0.1, 0.15) is 17.5 Å². The van der Waals surface area contributed by atoms with Crippen LogP contribution < -0.4 is 4.74 Å². The van der Waals surface area contributed by atoms with Crippen molar-refractivity contribution in [2.45, 2.75) is 19.4 Å². The van der Waals surface area contributed by atoms with Crippen LogP contribution in [0.4, 0.5) is 0 Å². The number of hydrogen-bond acceptors (Lipinski definition) is 5. The van der Waals surface area contributed by atoms with Crippen LogP contribution in [0.2, 0.25) is 0 Å². The molecule has 0 bridgehead atoms. The summed E-state index contributed by atoms with van der Waals surface area (Å²) < 4.78 is 10.7. The molecule has 1 aromatic carbocycles. The van der Waals surface area contributed by atoms with Gasteiger partial charge in [0.15, 0.2) is 0 Å². The fourth-order valence-electron chi connectivity index (χ4n) is 3.38. The molecule has 1 amide bonds. The van der Waals surface area contributed by atoms with Crippen molar-refractivity contribution in [3.8, 4) is 5.75 Å². The van der Waals surface area contributed by atoms with E-state index < -0.39 is 0 Å². The highest BCUT2D eigenvalue weighted by molar-refractivity contribution is 5.78. The lowest BCUT2D eigenvalue weighted by Crippen LogP contribution is -2.39. The monoisotopic (exact) mass is 383 g/mol. The van der Waals surface area contributed by atoms with E-state index in [1.807, 2.05) is 41.3 Å². The molecule has 0 saturated carbocycles. The van der Waals surface area contributed by atoms with Gasteiger partial charge < -0.3 is 14.4 Å². The predicted octanol–water partition coefficient (Wildman–Crippen LogP) is 2.38. The molecule has 0 aliphatic carbocycles. The van der Waals surface area contributed by atoms with Gasteiger partial charge in [0.25, 0.3) is 0 Å². The Morgan fingerprint density at radius 3 is 2.71 bits per heavy atom. The summed E-state index contributed by atoms with van der Waals surface area (Å²) in [6.07, 6.45) is 4.87. The number of pyridine rings is 1. The summed E-state index contributed by atoms with van der Waals surface area (Å²) in [6, 6.07) is 11.6. The molecule has 1 fully saturated rings. The highest BCUT2D eigenvalue weighted by Gasteiger charge is 2.16. The summed E-state index contributed by atoms with van der Waals surface area (Å²) in [5.74, 6) is 0.908. The topological polar surface area (TPSA) is 54.9 Å². The number of methoxy groups -OCH3 is 1. The third-order valence-corrected chi connectivity index (χ3v) is 4.97. The lowest BCUT2D eigenvalue weighted by atomic mass is 10.1. The minimum atomic E-state index is 0.132. The van der Waals surface area contributed by atoms with E-state index in [0.717, 1.165) is 62.7 Å². The van der Waals surface area contributed by atoms with Gasteiger partial charge in [0.05, 0.1) is 26.7 Å². The van der Waals surface area contributed by atoms with Gasteiger partial charge >= 0.3 is 0 Å². The van der Waals surface area contributed by atoms with Crippen molar-refractivity contribution in [3.63, 3.8) is 0 Å². The van der Waals surface area contributed by atoms with E-state index in [0.29, 0.717) is 13.0 Å². The molecule has 2 aromatic rings. The number of aromatic nitrogens is 1. The van der Waals surface area contributed by atoms with Crippen LogP contribution in [0.3, 0.4) is 0 Å². The smallest absolute Gasteiger partial charge is 0.227 e. The summed E-state index contributed by atoms with van der Waals surface area (Å²) in [4.78, 5) is 21.5. The summed E-state index contributed by atoms with van der Waals surface area (Å²) in [5, 5.41) is 0. The number of nitrogens with zero attached hydrogens (tertiary/aromatic N) is 3. The number of benzene rings is 1. The van der Waals surface area contributed by atoms with Gasteiger partial charge in [-0.3, -0.25) is 14.7 Å². The molecular weight excluding hydrogens is 354 g/mol. The molecule has 1 aliphatic heterocycles. The SMILES string of the molecule is COc1cccc(CC(=O)N(CCCN2CCOCC2)Cc2ccncc2)c1. The molecule has 0 spiro atoms. The van der Waals surface area contributed by atoms with Gasteiger partial charge in [-0.2, -0.15) is 0 Å². The highest BCUT2D eigenvalue weighted by atomic mass is 16.5. The first kappa shape index (κ1) is 20.3. The van der Waals surface area contributed by atoms with Gasteiger partial charge in [-0.15, -0.1) is 0 Å². The van der Waals surface area contributed by atoms with Crippen molar-refractivity contribution in [1.29, 1.82) is 0 Å². The van der Waals surface area contributed by atoms with Crippen LogP contribution in [-0.2, 0) is 22.5 Å². The molecule has 1 aliphatic rings. The third kappa shape index (κ3) is 6.32. The summed E-state index contributed by atoms with van der Waals surface area (Å²) in [6.45, 7) is 5.88. The van der Waals surface area contributed by atoms with Crippen molar-refractivity contribution < 1.29 is 14.3 Å². The van der Waals surface area contributed by atoms with Gasteiger partial charge in [-0.05, 0) is 41.8 Å². The molecule has 6 nitrogen and oxygen atoms in total. The van der Waals surface area contributed by atoms with Gasteiger partial charge in [0.1, 0.15) is 5.75 Å².